The minimum absolute atomic E-state index is 0.104. The number of likely N-dealkylation sites (tertiary alicyclic amines) is 1. The first-order valence-corrected chi connectivity index (χ1v) is 10.8. The van der Waals surface area contributed by atoms with E-state index in [1.165, 1.54) is 12.3 Å². The van der Waals surface area contributed by atoms with Gasteiger partial charge in [0, 0.05) is 43.1 Å². The molecular formula is C23H20ClF2N5O2. The van der Waals surface area contributed by atoms with Crippen LogP contribution in [-0.2, 0) is 11.2 Å². The predicted molar refractivity (Wildman–Crippen MR) is 117 cm³/mol. The van der Waals surface area contributed by atoms with E-state index in [2.05, 4.69) is 21.4 Å². The van der Waals surface area contributed by atoms with Crippen molar-refractivity contribution in [2.45, 2.75) is 25.3 Å². The van der Waals surface area contributed by atoms with E-state index < -0.39 is 23.6 Å². The van der Waals surface area contributed by atoms with Crippen molar-refractivity contribution in [1.82, 2.24) is 20.2 Å². The number of piperidine rings is 1. The van der Waals surface area contributed by atoms with Crippen molar-refractivity contribution < 1.29 is 18.4 Å². The Hall–Kier alpha value is -3.51. The molecule has 4 rings (SSSR count). The topological polar surface area (TPSA) is 102 Å². The van der Waals surface area contributed by atoms with Gasteiger partial charge in [0.2, 0.25) is 5.91 Å². The molecule has 0 radical (unpaired) electrons. The van der Waals surface area contributed by atoms with Crippen LogP contribution in [0.5, 0.6) is 0 Å². The van der Waals surface area contributed by atoms with Gasteiger partial charge >= 0.3 is 0 Å². The molecule has 0 spiro atoms. The average molecular weight is 472 g/mol. The summed E-state index contributed by atoms with van der Waals surface area (Å²) >= 11 is 5.95. The third-order valence-corrected chi connectivity index (χ3v) is 5.92. The second kappa shape index (κ2) is 9.55. The Morgan fingerprint density at radius 2 is 2.03 bits per heavy atom. The van der Waals surface area contributed by atoms with Crippen molar-refractivity contribution in [1.29, 1.82) is 5.26 Å². The lowest BCUT2D eigenvalue weighted by Crippen LogP contribution is -2.51. The summed E-state index contributed by atoms with van der Waals surface area (Å²) in [5.41, 5.74) is 0.725. The van der Waals surface area contributed by atoms with Crippen LogP contribution in [0.1, 0.15) is 28.9 Å². The molecule has 7 nitrogen and oxygen atoms in total. The van der Waals surface area contributed by atoms with E-state index in [9.17, 15) is 18.4 Å². The van der Waals surface area contributed by atoms with Crippen LogP contribution in [-0.4, -0.2) is 45.8 Å². The number of halogens is 3. The molecule has 0 unspecified atom stereocenters. The summed E-state index contributed by atoms with van der Waals surface area (Å²) in [6, 6.07) is 7.42. The molecule has 1 aromatic carbocycles. The minimum Gasteiger partial charge on any atom is -0.341 e. The number of carbonyl (C=O) groups is 2. The molecule has 0 saturated carbocycles. The fourth-order valence-corrected chi connectivity index (χ4v) is 4.07. The molecule has 1 aliphatic rings. The first-order valence-electron chi connectivity index (χ1n) is 10.4. The smallest absolute Gasteiger partial charge is 0.268 e. The van der Waals surface area contributed by atoms with E-state index in [0.717, 1.165) is 12.1 Å². The maximum Gasteiger partial charge on any atom is 0.268 e. The van der Waals surface area contributed by atoms with Crippen LogP contribution < -0.4 is 5.32 Å². The van der Waals surface area contributed by atoms with Crippen LogP contribution in [0.3, 0.4) is 0 Å². The highest BCUT2D eigenvalue weighted by atomic mass is 35.5. The number of benzene rings is 1. The molecule has 1 aliphatic heterocycles. The van der Waals surface area contributed by atoms with E-state index in [0.29, 0.717) is 42.0 Å². The van der Waals surface area contributed by atoms with Gasteiger partial charge in [-0.25, -0.2) is 13.8 Å². The van der Waals surface area contributed by atoms with Gasteiger partial charge in [0.1, 0.15) is 29.0 Å². The average Bonchev–Trinajstić information content (AvgIpc) is 3.23. The summed E-state index contributed by atoms with van der Waals surface area (Å²) in [6.45, 7) is 0.730. The summed E-state index contributed by atoms with van der Waals surface area (Å²) in [7, 11) is 0. The van der Waals surface area contributed by atoms with E-state index in [-0.39, 0.29) is 29.5 Å². The fourth-order valence-electron chi connectivity index (χ4n) is 3.90. The van der Waals surface area contributed by atoms with E-state index in [1.54, 1.807) is 17.0 Å². The SMILES string of the molecule is N#CC1CCN(C(=O)[C@H](Cc2ccc(F)cc2F)NC(=O)c2cc3cc(Cl)cnc3[nH]2)CC1. The monoisotopic (exact) mass is 471 g/mol. The number of H-pyrrole nitrogens is 1. The number of fused-ring (bicyclic) bond motifs is 1. The Kier molecular flexibility index (Phi) is 6.56. The number of hydrogen-bond acceptors (Lipinski definition) is 4. The van der Waals surface area contributed by atoms with Gasteiger partial charge in [-0.3, -0.25) is 9.59 Å². The third-order valence-electron chi connectivity index (χ3n) is 5.71. The van der Waals surface area contributed by atoms with Gasteiger partial charge in [0.05, 0.1) is 11.1 Å². The van der Waals surface area contributed by atoms with Gasteiger partial charge < -0.3 is 15.2 Å². The molecule has 1 saturated heterocycles. The lowest BCUT2D eigenvalue weighted by Gasteiger charge is -2.32. The van der Waals surface area contributed by atoms with Crippen molar-refractivity contribution >= 4 is 34.4 Å². The number of nitrogens with one attached hydrogen (secondary N) is 2. The third kappa shape index (κ3) is 5.12. The Balaban J connectivity index is 1.57. The number of pyridine rings is 1. The van der Waals surface area contributed by atoms with Crippen LogP contribution in [0.15, 0.2) is 36.5 Å². The fraction of sp³-hybridized carbons (Fsp3) is 0.304. The molecule has 2 N–H and O–H groups in total. The normalized spacial score (nSPS) is 15.3. The lowest BCUT2D eigenvalue weighted by atomic mass is 9.97. The van der Waals surface area contributed by atoms with E-state index in [4.69, 9.17) is 16.9 Å². The van der Waals surface area contributed by atoms with Crippen LogP contribution >= 0.6 is 11.6 Å². The predicted octanol–water partition coefficient (Wildman–Crippen LogP) is 3.60. The highest BCUT2D eigenvalue weighted by molar-refractivity contribution is 6.31. The van der Waals surface area contributed by atoms with Crippen LogP contribution in [0.2, 0.25) is 5.02 Å². The summed E-state index contributed by atoms with van der Waals surface area (Å²) in [5, 5.41) is 12.8. The molecule has 2 amide bonds. The molecule has 0 aliphatic carbocycles. The number of amides is 2. The Labute approximate surface area is 193 Å². The summed E-state index contributed by atoms with van der Waals surface area (Å²) < 4.78 is 27.6. The maximum atomic E-state index is 14.3. The lowest BCUT2D eigenvalue weighted by molar-refractivity contribution is -0.134. The molecule has 1 fully saturated rings. The summed E-state index contributed by atoms with van der Waals surface area (Å²) in [6.07, 6.45) is 2.35. The summed E-state index contributed by atoms with van der Waals surface area (Å²) in [4.78, 5) is 34.8. The highest BCUT2D eigenvalue weighted by Gasteiger charge is 2.30. The van der Waals surface area contributed by atoms with Crippen molar-refractivity contribution in [3.8, 4) is 6.07 Å². The standard InChI is InChI=1S/C23H20ClF2N5O2/c24-16-7-15-9-19(29-21(15)28-12-16)22(32)30-20(8-14-1-2-17(25)10-18(14)26)23(33)31-5-3-13(11-27)4-6-31/h1-2,7,9-10,12-13,20H,3-6,8H2,(H,28,29)(H,30,32)/t20-/m0/s1. The zero-order valence-electron chi connectivity index (χ0n) is 17.4. The summed E-state index contributed by atoms with van der Waals surface area (Å²) in [5.74, 6) is -2.61. The second-order valence-corrected chi connectivity index (χ2v) is 8.41. The van der Waals surface area contributed by atoms with E-state index >= 15 is 0 Å². The maximum absolute atomic E-state index is 14.3. The Morgan fingerprint density at radius 3 is 2.73 bits per heavy atom. The zero-order valence-corrected chi connectivity index (χ0v) is 18.2. The number of nitrogens with zero attached hydrogens (tertiary/aromatic N) is 3. The number of nitriles is 1. The first-order chi connectivity index (χ1) is 15.8. The number of rotatable bonds is 5. The van der Waals surface area contributed by atoms with Crippen LogP contribution in [0, 0.1) is 28.9 Å². The van der Waals surface area contributed by atoms with Gasteiger partial charge in [-0.1, -0.05) is 17.7 Å². The molecule has 0 bridgehead atoms. The minimum atomic E-state index is -1.08. The quantitative estimate of drug-likeness (QED) is 0.593. The van der Waals surface area contributed by atoms with Crippen LogP contribution in [0.4, 0.5) is 8.78 Å². The molecule has 33 heavy (non-hydrogen) atoms. The molecule has 10 heteroatoms. The number of hydrogen-bond donors (Lipinski definition) is 2. The van der Waals surface area contributed by atoms with Gasteiger partial charge in [-0.05, 0) is 36.6 Å². The molecule has 170 valence electrons. The number of aromatic nitrogens is 2. The highest BCUT2D eigenvalue weighted by Crippen LogP contribution is 2.20. The van der Waals surface area contributed by atoms with Crippen molar-refractivity contribution in [2.75, 3.05) is 13.1 Å². The Morgan fingerprint density at radius 1 is 1.27 bits per heavy atom. The van der Waals surface area contributed by atoms with Crippen molar-refractivity contribution in [3.05, 3.63) is 64.4 Å². The van der Waals surface area contributed by atoms with Crippen molar-refractivity contribution in [3.63, 3.8) is 0 Å². The van der Waals surface area contributed by atoms with Gasteiger partial charge in [-0.2, -0.15) is 5.26 Å². The number of aromatic amines is 1. The first kappa shape index (κ1) is 22.7. The van der Waals surface area contributed by atoms with Gasteiger partial charge in [0.15, 0.2) is 0 Å². The molecular weight excluding hydrogens is 452 g/mol. The second-order valence-electron chi connectivity index (χ2n) is 7.97. The zero-order chi connectivity index (χ0) is 23.5. The molecule has 2 aromatic heterocycles. The number of carbonyl (C=O) groups excluding carboxylic acids is 2. The largest absolute Gasteiger partial charge is 0.341 e. The van der Waals surface area contributed by atoms with Crippen LogP contribution in [0.25, 0.3) is 11.0 Å². The molecule has 1 atom stereocenters. The molecule has 3 aromatic rings. The van der Waals surface area contributed by atoms with E-state index in [1.807, 2.05) is 0 Å². The van der Waals surface area contributed by atoms with Gasteiger partial charge in [-0.15, -0.1) is 0 Å². The van der Waals surface area contributed by atoms with Gasteiger partial charge in [0.25, 0.3) is 5.91 Å². The Bertz CT molecular complexity index is 1250. The van der Waals surface area contributed by atoms with Crippen molar-refractivity contribution in [2.24, 2.45) is 5.92 Å². The molecule has 3 heterocycles.